The fraction of sp³-hybridized carbons (Fsp3) is 0.385. The molecule has 1 aromatic rings. The second kappa shape index (κ2) is 5.98. The van der Waals surface area contributed by atoms with Crippen LogP contribution in [0.4, 0.5) is 32.2 Å². The van der Waals surface area contributed by atoms with E-state index in [1.54, 1.807) is 0 Å². The minimum atomic E-state index is -4.76. The number of nitrogen functional groups attached to an aromatic ring is 1. The average molecular weight is 326 g/mol. The summed E-state index contributed by atoms with van der Waals surface area (Å²) in [7, 11) is 0. The number of ketones is 1. The van der Waals surface area contributed by atoms with Gasteiger partial charge in [-0.15, -0.1) is 0 Å². The number of nitrogens with two attached hydrogens (primary N) is 1. The number of halogens is 6. The number of rotatable bonds is 4. The molecule has 1 rings (SSSR count). The van der Waals surface area contributed by atoms with Crippen LogP contribution in [0.15, 0.2) is 18.2 Å². The van der Waals surface area contributed by atoms with Crippen LogP contribution < -0.4 is 5.73 Å². The summed E-state index contributed by atoms with van der Waals surface area (Å²) in [5.41, 5.74) is 2.70. The van der Waals surface area contributed by atoms with Gasteiger partial charge >= 0.3 is 12.4 Å². The maximum Gasteiger partial charge on any atom is 0.418 e. The van der Waals surface area contributed by atoms with Crippen LogP contribution in [0.2, 0.25) is 0 Å². The molecule has 2 N–H and O–H groups in total. The Hall–Kier alpha value is -2.06. The lowest BCUT2D eigenvalue weighted by Crippen LogP contribution is -2.16. The zero-order chi connectivity index (χ0) is 17.3. The van der Waals surface area contributed by atoms with Gasteiger partial charge in [0.15, 0.2) is 5.78 Å². The molecule has 0 amide bonds. The first-order valence-electron chi connectivity index (χ1n) is 5.96. The number of alkyl halides is 6. The molecule has 0 atom stereocenters. The number of nitrogens with zero attached hydrogens (tertiary/aromatic N) is 1. The molecule has 0 saturated heterocycles. The molecule has 0 aliphatic carbocycles. The molecule has 0 aliphatic heterocycles. The van der Waals surface area contributed by atoms with E-state index in [4.69, 9.17) is 5.73 Å². The van der Waals surface area contributed by atoms with Gasteiger partial charge < -0.3 is 5.73 Å². The molecule has 0 aliphatic rings. The van der Waals surface area contributed by atoms with Crippen molar-refractivity contribution < 1.29 is 31.1 Å². The maximum absolute atomic E-state index is 12.8. The van der Waals surface area contributed by atoms with Gasteiger partial charge in [0.2, 0.25) is 0 Å². The van der Waals surface area contributed by atoms with Crippen LogP contribution in [-0.4, -0.2) is 16.9 Å². The largest absolute Gasteiger partial charge is 0.418 e. The Kier molecular flexibility index (Phi) is 4.89. The maximum atomic E-state index is 12.8. The first-order chi connectivity index (χ1) is 9.83. The van der Waals surface area contributed by atoms with Crippen LogP contribution in [0.1, 0.15) is 34.5 Å². The van der Waals surface area contributed by atoms with E-state index in [9.17, 15) is 31.1 Å². The van der Waals surface area contributed by atoms with Gasteiger partial charge in [0.1, 0.15) is 5.82 Å². The highest BCUT2D eigenvalue weighted by Crippen LogP contribution is 2.33. The topological polar surface area (TPSA) is 56.0 Å². The zero-order valence-corrected chi connectivity index (χ0v) is 11.4. The molecule has 1 heterocycles. The number of carbonyl (C=O) groups excluding carboxylic acids is 1. The molecule has 0 radical (unpaired) electrons. The number of aryl methyl sites for hydroxylation is 1. The van der Waals surface area contributed by atoms with Crippen LogP contribution in [0.25, 0.3) is 0 Å². The van der Waals surface area contributed by atoms with Crippen molar-refractivity contribution in [2.24, 2.45) is 0 Å². The normalized spacial score (nSPS) is 12.3. The quantitative estimate of drug-likeness (QED) is 0.515. The Morgan fingerprint density at radius 2 is 1.82 bits per heavy atom. The van der Waals surface area contributed by atoms with Gasteiger partial charge in [-0.1, -0.05) is 6.58 Å². The van der Waals surface area contributed by atoms with Crippen molar-refractivity contribution in [1.29, 1.82) is 0 Å². The van der Waals surface area contributed by atoms with Gasteiger partial charge in [0.05, 0.1) is 16.8 Å². The van der Waals surface area contributed by atoms with Crippen LogP contribution in [-0.2, 0) is 6.18 Å². The van der Waals surface area contributed by atoms with E-state index in [-0.39, 0.29) is 0 Å². The SMILES string of the molecule is C=C(CCC(F)(F)F)C(=O)c1cc(C(F)(F)F)c(C)nc1N. The second-order valence-electron chi connectivity index (χ2n) is 4.60. The van der Waals surface area contributed by atoms with Crippen molar-refractivity contribution in [3.63, 3.8) is 0 Å². The van der Waals surface area contributed by atoms with Gasteiger partial charge in [-0.05, 0) is 25.0 Å². The van der Waals surface area contributed by atoms with Crippen LogP contribution in [0.5, 0.6) is 0 Å². The minimum Gasteiger partial charge on any atom is -0.383 e. The van der Waals surface area contributed by atoms with Gasteiger partial charge in [0.25, 0.3) is 0 Å². The Morgan fingerprint density at radius 3 is 2.27 bits per heavy atom. The van der Waals surface area contributed by atoms with Crippen molar-refractivity contribution >= 4 is 11.6 Å². The molecular weight excluding hydrogens is 314 g/mol. The minimum absolute atomic E-state index is 0.428. The van der Waals surface area contributed by atoms with E-state index in [0.717, 1.165) is 6.92 Å². The van der Waals surface area contributed by atoms with Crippen LogP contribution in [0.3, 0.4) is 0 Å². The Morgan fingerprint density at radius 1 is 1.27 bits per heavy atom. The summed E-state index contributed by atoms with van der Waals surface area (Å²) in [4.78, 5) is 15.3. The molecule has 3 nitrogen and oxygen atoms in total. The fourth-order valence-corrected chi connectivity index (χ4v) is 1.69. The lowest BCUT2D eigenvalue weighted by Gasteiger charge is -2.14. The third-order valence-electron chi connectivity index (χ3n) is 2.82. The summed E-state index contributed by atoms with van der Waals surface area (Å²) in [5.74, 6) is -1.57. The summed E-state index contributed by atoms with van der Waals surface area (Å²) in [6.45, 7) is 4.24. The van der Waals surface area contributed by atoms with Crippen molar-refractivity contribution in [2.75, 3.05) is 5.73 Å². The van der Waals surface area contributed by atoms with E-state index < -0.39 is 59.2 Å². The summed E-state index contributed by atoms with van der Waals surface area (Å²) in [6.07, 6.45) is -11.3. The number of pyridine rings is 1. The molecule has 9 heteroatoms. The molecule has 122 valence electrons. The predicted molar refractivity (Wildman–Crippen MR) is 67.1 cm³/mol. The smallest absolute Gasteiger partial charge is 0.383 e. The van der Waals surface area contributed by atoms with Crippen LogP contribution in [0, 0.1) is 6.92 Å². The van der Waals surface area contributed by atoms with Gasteiger partial charge in [-0.2, -0.15) is 26.3 Å². The lowest BCUT2D eigenvalue weighted by atomic mass is 9.99. The lowest BCUT2D eigenvalue weighted by molar-refractivity contribution is -0.138. The van der Waals surface area contributed by atoms with Crippen LogP contribution >= 0.6 is 0 Å². The highest BCUT2D eigenvalue weighted by molar-refractivity contribution is 6.11. The van der Waals surface area contributed by atoms with E-state index in [0.29, 0.717) is 6.07 Å². The van der Waals surface area contributed by atoms with E-state index in [1.165, 1.54) is 0 Å². The average Bonchev–Trinajstić information content (AvgIpc) is 2.32. The molecule has 1 aromatic heterocycles. The molecule has 0 fully saturated rings. The van der Waals surface area contributed by atoms with Gasteiger partial charge in [0, 0.05) is 6.42 Å². The molecular formula is C13H12F6N2O. The third kappa shape index (κ3) is 4.47. The molecule has 0 spiro atoms. The van der Waals surface area contributed by atoms with E-state index in [1.807, 2.05) is 0 Å². The third-order valence-corrected chi connectivity index (χ3v) is 2.82. The number of anilines is 1. The number of carbonyl (C=O) groups is 1. The molecule has 22 heavy (non-hydrogen) atoms. The molecule has 0 aromatic carbocycles. The van der Waals surface area contributed by atoms with Crippen molar-refractivity contribution in [3.05, 3.63) is 35.0 Å². The monoisotopic (exact) mass is 326 g/mol. The number of Topliss-reactive ketones (excluding diaryl/α,β-unsaturated/α-hetero) is 1. The summed E-state index contributed by atoms with van der Waals surface area (Å²) in [6, 6.07) is 0.485. The van der Waals surface area contributed by atoms with E-state index in [2.05, 4.69) is 11.6 Å². The standard InChI is InChI=1S/C13H12F6N2O/c1-6(3-4-12(14,15)16)10(22)8-5-9(13(17,18)19)7(2)21-11(8)20/h5H,1,3-4H2,2H3,(H2,20,21). The zero-order valence-electron chi connectivity index (χ0n) is 11.4. The number of hydrogen-bond acceptors (Lipinski definition) is 3. The molecule has 0 saturated carbocycles. The highest BCUT2D eigenvalue weighted by atomic mass is 19.4. The Labute approximate surface area is 121 Å². The number of hydrogen-bond donors (Lipinski definition) is 1. The van der Waals surface area contributed by atoms with Gasteiger partial charge in [-0.3, -0.25) is 4.79 Å². The van der Waals surface area contributed by atoms with Gasteiger partial charge in [-0.25, -0.2) is 4.98 Å². The summed E-state index contributed by atoms with van der Waals surface area (Å²) in [5, 5.41) is 0. The summed E-state index contributed by atoms with van der Waals surface area (Å²) >= 11 is 0. The summed E-state index contributed by atoms with van der Waals surface area (Å²) < 4.78 is 74.6. The van der Waals surface area contributed by atoms with Crippen molar-refractivity contribution in [3.8, 4) is 0 Å². The second-order valence-corrected chi connectivity index (χ2v) is 4.60. The predicted octanol–water partition coefficient (Wildman–Crippen LogP) is 4.07. The molecule has 0 bridgehead atoms. The highest BCUT2D eigenvalue weighted by Gasteiger charge is 2.35. The Bertz CT molecular complexity index is 604. The number of aromatic nitrogens is 1. The molecule has 0 unspecified atom stereocenters. The van der Waals surface area contributed by atoms with Crippen molar-refractivity contribution in [1.82, 2.24) is 4.98 Å². The van der Waals surface area contributed by atoms with E-state index >= 15 is 0 Å². The first kappa shape index (κ1) is 18.0. The van der Waals surface area contributed by atoms with Crippen molar-refractivity contribution in [2.45, 2.75) is 32.1 Å². The first-order valence-corrected chi connectivity index (χ1v) is 5.96. The Balaban J connectivity index is 3.11. The fourth-order valence-electron chi connectivity index (χ4n) is 1.69. The number of allylic oxidation sites excluding steroid dienone is 1.